The Hall–Kier alpha value is -0.240. The van der Waals surface area contributed by atoms with Crippen molar-refractivity contribution in [1.29, 1.82) is 0 Å². The fourth-order valence-corrected chi connectivity index (χ4v) is 3.61. The summed E-state index contributed by atoms with van der Waals surface area (Å²) in [5, 5.41) is 0. The van der Waals surface area contributed by atoms with E-state index in [1.807, 2.05) is 0 Å². The Balaban J connectivity index is 1.79. The zero-order valence-electron chi connectivity index (χ0n) is 11.4. The minimum Gasteiger partial charge on any atom is -0.342 e. The molecule has 1 heterocycles. The van der Waals surface area contributed by atoms with Crippen LogP contribution in [-0.4, -0.2) is 29.8 Å². The van der Waals surface area contributed by atoms with E-state index < -0.39 is 0 Å². The second-order valence-corrected chi connectivity index (χ2v) is 6.37. The molecule has 2 rings (SSSR count). The van der Waals surface area contributed by atoms with Crippen LogP contribution < -0.4 is 0 Å². The minimum atomic E-state index is 0.386. The van der Waals surface area contributed by atoms with E-state index in [9.17, 15) is 4.79 Å². The molecule has 0 aromatic heterocycles. The molecule has 18 heavy (non-hydrogen) atoms. The van der Waals surface area contributed by atoms with Gasteiger partial charge in [0.25, 0.3) is 0 Å². The van der Waals surface area contributed by atoms with Crippen molar-refractivity contribution in [3.63, 3.8) is 0 Å². The molecular weight excluding hydrogens is 246 g/mol. The van der Waals surface area contributed by atoms with E-state index in [2.05, 4.69) is 4.90 Å². The zero-order chi connectivity index (χ0) is 12.8. The molecule has 2 fully saturated rings. The number of hydrogen-bond donors (Lipinski definition) is 0. The summed E-state index contributed by atoms with van der Waals surface area (Å²) in [5.74, 6) is 2.26. The molecule has 0 spiro atoms. The van der Waals surface area contributed by atoms with E-state index in [4.69, 9.17) is 11.6 Å². The SMILES string of the molecule is O=C(CC1CCCCCC1)N1CCCC(CCl)C1. The summed E-state index contributed by atoms with van der Waals surface area (Å²) in [7, 11) is 0. The number of amides is 1. The Kier molecular flexibility index (Phi) is 5.81. The predicted octanol–water partition coefficient (Wildman–Crippen LogP) is 3.82. The van der Waals surface area contributed by atoms with Crippen molar-refractivity contribution in [3.8, 4) is 0 Å². The highest BCUT2D eigenvalue weighted by Crippen LogP contribution is 2.27. The smallest absolute Gasteiger partial charge is 0.222 e. The van der Waals surface area contributed by atoms with Gasteiger partial charge >= 0.3 is 0 Å². The Morgan fingerprint density at radius 2 is 1.67 bits per heavy atom. The summed E-state index contributed by atoms with van der Waals surface area (Å²) >= 11 is 5.93. The van der Waals surface area contributed by atoms with Crippen molar-refractivity contribution in [2.75, 3.05) is 19.0 Å². The number of rotatable bonds is 3. The van der Waals surface area contributed by atoms with Gasteiger partial charge < -0.3 is 4.90 Å². The van der Waals surface area contributed by atoms with Gasteiger partial charge in [0.05, 0.1) is 0 Å². The van der Waals surface area contributed by atoms with Gasteiger partial charge in [-0.15, -0.1) is 11.6 Å². The molecule has 0 bridgehead atoms. The average Bonchev–Trinajstić information content (AvgIpc) is 2.67. The lowest BCUT2D eigenvalue weighted by atomic mass is 9.94. The molecule has 1 saturated heterocycles. The molecule has 0 N–H and O–H groups in total. The molecule has 0 radical (unpaired) electrons. The first kappa shape index (κ1) is 14.2. The number of likely N-dealkylation sites (tertiary alicyclic amines) is 1. The van der Waals surface area contributed by atoms with E-state index in [1.165, 1.54) is 44.9 Å². The molecule has 1 atom stereocenters. The fraction of sp³-hybridized carbons (Fsp3) is 0.933. The molecule has 1 aliphatic carbocycles. The van der Waals surface area contributed by atoms with E-state index in [-0.39, 0.29) is 0 Å². The molecule has 1 aliphatic heterocycles. The summed E-state index contributed by atoms with van der Waals surface area (Å²) in [6.07, 6.45) is 11.0. The lowest BCUT2D eigenvalue weighted by Crippen LogP contribution is -2.41. The van der Waals surface area contributed by atoms with Gasteiger partial charge in [-0.05, 0) is 37.5 Å². The molecule has 1 saturated carbocycles. The highest BCUT2D eigenvalue weighted by atomic mass is 35.5. The molecule has 1 unspecified atom stereocenters. The fourth-order valence-electron chi connectivity index (χ4n) is 3.36. The van der Waals surface area contributed by atoms with E-state index >= 15 is 0 Å². The Bertz CT molecular complexity index is 261. The maximum absolute atomic E-state index is 12.3. The Labute approximate surface area is 116 Å². The van der Waals surface area contributed by atoms with Crippen LogP contribution in [0.25, 0.3) is 0 Å². The summed E-state index contributed by atoms with van der Waals surface area (Å²) in [4.78, 5) is 14.4. The summed E-state index contributed by atoms with van der Waals surface area (Å²) in [6, 6.07) is 0. The van der Waals surface area contributed by atoms with Crippen LogP contribution in [0.5, 0.6) is 0 Å². The molecule has 104 valence electrons. The second kappa shape index (κ2) is 7.37. The van der Waals surface area contributed by atoms with Crippen molar-refractivity contribution >= 4 is 17.5 Å². The minimum absolute atomic E-state index is 0.386. The molecule has 1 amide bonds. The quantitative estimate of drug-likeness (QED) is 0.564. The van der Waals surface area contributed by atoms with Crippen molar-refractivity contribution in [2.24, 2.45) is 11.8 Å². The van der Waals surface area contributed by atoms with Gasteiger partial charge in [0.15, 0.2) is 0 Å². The number of alkyl halides is 1. The van der Waals surface area contributed by atoms with Crippen LogP contribution in [0.4, 0.5) is 0 Å². The van der Waals surface area contributed by atoms with Crippen LogP contribution in [0.3, 0.4) is 0 Å². The summed E-state index contributed by atoms with van der Waals surface area (Å²) in [5.41, 5.74) is 0. The van der Waals surface area contributed by atoms with Crippen molar-refractivity contribution in [3.05, 3.63) is 0 Å². The monoisotopic (exact) mass is 271 g/mol. The molecule has 0 aromatic rings. The zero-order valence-corrected chi connectivity index (χ0v) is 12.1. The summed E-state index contributed by atoms with van der Waals surface area (Å²) in [6.45, 7) is 1.86. The second-order valence-electron chi connectivity index (χ2n) is 6.06. The first-order valence-corrected chi connectivity index (χ1v) is 8.17. The lowest BCUT2D eigenvalue weighted by Gasteiger charge is -2.32. The van der Waals surface area contributed by atoms with Crippen LogP contribution in [0.2, 0.25) is 0 Å². The third-order valence-corrected chi connectivity index (χ3v) is 4.96. The van der Waals surface area contributed by atoms with Crippen LogP contribution in [0.1, 0.15) is 57.8 Å². The lowest BCUT2D eigenvalue weighted by molar-refractivity contribution is -0.134. The maximum Gasteiger partial charge on any atom is 0.222 e. The van der Waals surface area contributed by atoms with E-state index in [1.54, 1.807) is 0 Å². The van der Waals surface area contributed by atoms with Crippen molar-refractivity contribution < 1.29 is 4.79 Å². The van der Waals surface area contributed by atoms with Crippen LogP contribution in [-0.2, 0) is 4.79 Å². The number of halogens is 1. The van der Waals surface area contributed by atoms with Gasteiger partial charge in [-0.25, -0.2) is 0 Å². The van der Waals surface area contributed by atoms with Gasteiger partial charge in [0, 0.05) is 25.4 Å². The third kappa shape index (κ3) is 4.15. The number of nitrogens with zero attached hydrogens (tertiary/aromatic N) is 1. The largest absolute Gasteiger partial charge is 0.342 e. The van der Waals surface area contributed by atoms with Gasteiger partial charge in [0.1, 0.15) is 0 Å². The molecule has 2 nitrogen and oxygen atoms in total. The van der Waals surface area contributed by atoms with Crippen LogP contribution >= 0.6 is 11.6 Å². The average molecular weight is 272 g/mol. The highest BCUT2D eigenvalue weighted by molar-refractivity contribution is 6.18. The van der Waals surface area contributed by atoms with Gasteiger partial charge in [0.2, 0.25) is 5.91 Å². The summed E-state index contributed by atoms with van der Waals surface area (Å²) < 4.78 is 0. The molecule has 3 heteroatoms. The van der Waals surface area contributed by atoms with Crippen LogP contribution in [0.15, 0.2) is 0 Å². The number of hydrogen-bond acceptors (Lipinski definition) is 1. The number of carbonyl (C=O) groups excluding carboxylic acids is 1. The highest BCUT2D eigenvalue weighted by Gasteiger charge is 2.25. The topological polar surface area (TPSA) is 20.3 Å². The van der Waals surface area contributed by atoms with E-state index in [0.717, 1.165) is 25.9 Å². The number of piperidine rings is 1. The third-order valence-electron chi connectivity index (χ3n) is 4.53. The Morgan fingerprint density at radius 1 is 1.00 bits per heavy atom. The van der Waals surface area contributed by atoms with Gasteiger partial charge in [-0.2, -0.15) is 0 Å². The van der Waals surface area contributed by atoms with Gasteiger partial charge in [-0.1, -0.05) is 25.7 Å². The van der Waals surface area contributed by atoms with Crippen molar-refractivity contribution in [1.82, 2.24) is 4.90 Å². The van der Waals surface area contributed by atoms with E-state index in [0.29, 0.717) is 23.6 Å². The van der Waals surface area contributed by atoms with Gasteiger partial charge in [-0.3, -0.25) is 4.79 Å². The molecule has 0 aromatic carbocycles. The number of carbonyl (C=O) groups is 1. The normalized spacial score (nSPS) is 26.9. The first-order chi connectivity index (χ1) is 8.79. The van der Waals surface area contributed by atoms with Crippen molar-refractivity contribution in [2.45, 2.75) is 57.8 Å². The Morgan fingerprint density at radius 3 is 2.33 bits per heavy atom. The molecule has 2 aliphatic rings. The van der Waals surface area contributed by atoms with Crippen LogP contribution in [0, 0.1) is 11.8 Å². The first-order valence-electron chi connectivity index (χ1n) is 7.63. The predicted molar refractivity (Wildman–Crippen MR) is 75.8 cm³/mol. The maximum atomic E-state index is 12.3. The standard InChI is InChI=1S/C15H26ClNO/c16-11-14-8-5-9-17(12-14)15(18)10-13-6-3-1-2-4-7-13/h13-14H,1-12H2. The molecular formula is C15H26ClNO.